The third-order valence-electron chi connectivity index (χ3n) is 7.58. The summed E-state index contributed by atoms with van der Waals surface area (Å²) in [6, 6.07) is 8.53. The molecule has 2 heterocycles. The normalized spacial score (nSPS) is 26.1. The van der Waals surface area contributed by atoms with E-state index in [1.807, 2.05) is 6.07 Å². The van der Waals surface area contributed by atoms with Crippen molar-refractivity contribution in [3.63, 3.8) is 0 Å². The fourth-order valence-electron chi connectivity index (χ4n) is 5.74. The third-order valence-corrected chi connectivity index (χ3v) is 9.40. The van der Waals surface area contributed by atoms with E-state index in [9.17, 15) is 13.2 Å². The summed E-state index contributed by atoms with van der Waals surface area (Å²) >= 11 is 0. The first-order valence-electron chi connectivity index (χ1n) is 11.3. The maximum absolute atomic E-state index is 13.2. The molecule has 0 N–H and O–H groups in total. The predicted molar refractivity (Wildman–Crippen MR) is 115 cm³/mol. The number of rotatable bonds is 5. The molecule has 1 atom stereocenters. The molecule has 1 unspecified atom stereocenters. The summed E-state index contributed by atoms with van der Waals surface area (Å²) in [7, 11) is -2.21. The molecular weight excluding hydrogens is 400 g/mol. The fraction of sp³-hybridized carbons (Fsp3) is 0.696. The largest absolute Gasteiger partial charge is 0.469 e. The second-order valence-electron chi connectivity index (χ2n) is 9.35. The van der Waals surface area contributed by atoms with Crippen LogP contribution in [0.2, 0.25) is 0 Å². The number of likely N-dealkylation sites (tertiary alicyclic amines) is 1. The molecule has 7 heteroatoms. The first-order chi connectivity index (χ1) is 14.4. The zero-order chi connectivity index (χ0) is 21.2. The summed E-state index contributed by atoms with van der Waals surface area (Å²) in [6.07, 6.45) is 8.41. The van der Waals surface area contributed by atoms with Gasteiger partial charge in [-0.15, -0.1) is 0 Å². The van der Waals surface area contributed by atoms with Crippen molar-refractivity contribution in [3.8, 4) is 0 Å². The molecule has 1 aliphatic carbocycles. The van der Waals surface area contributed by atoms with Crippen LogP contribution in [0.15, 0.2) is 35.2 Å². The molecular formula is C23H34N2O4S. The molecule has 3 fully saturated rings. The van der Waals surface area contributed by atoms with Crippen LogP contribution in [0.4, 0.5) is 0 Å². The Morgan fingerprint density at radius 3 is 2.40 bits per heavy atom. The van der Waals surface area contributed by atoms with Crippen molar-refractivity contribution in [1.82, 2.24) is 9.21 Å². The lowest BCUT2D eigenvalue weighted by atomic mass is 9.70. The number of nitrogens with zero attached hydrogens (tertiary/aromatic N) is 2. The van der Waals surface area contributed by atoms with Crippen LogP contribution in [-0.2, 0) is 19.6 Å². The minimum Gasteiger partial charge on any atom is -0.469 e. The molecule has 0 bridgehead atoms. The number of esters is 1. The topological polar surface area (TPSA) is 66.9 Å². The van der Waals surface area contributed by atoms with Crippen molar-refractivity contribution >= 4 is 16.0 Å². The highest BCUT2D eigenvalue weighted by molar-refractivity contribution is 7.89. The van der Waals surface area contributed by atoms with E-state index in [-0.39, 0.29) is 17.9 Å². The molecule has 30 heavy (non-hydrogen) atoms. The number of benzene rings is 1. The van der Waals surface area contributed by atoms with Crippen molar-refractivity contribution in [1.29, 1.82) is 0 Å². The van der Waals surface area contributed by atoms with Gasteiger partial charge in [-0.3, -0.25) is 4.79 Å². The van der Waals surface area contributed by atoms with E-state index in [0.717, 1.165) is 38.4 Å². The van der Waals surface area contributed by atoms with E-state index in [1.54, 1.807) is 24.3 Å². The second kappa shape index (κ2) is 8.97. The molecule has 0 radical (unpaired) electrons. The Balaban J connectivity index is 1.48. The van der Waals surface area contributed by atoms with Gasteiger partial charge in [-0.05, 0) is 56.8 Å². The molecule has 3 aliphatic rings. The molecule has 1 aromatic carbocycles. The Bertz CT molecular complexity index is 828. The van der Waals surface area contributed by atoms with Crippen LogP contribution in [-0.4, -0.2) is 63.4 Å². The number of ether oxygens (including phenoxy) is 1. The van der Waals surface area contributed by atoms with Gasteiger partial charge in [0, 0.05) is 25.0 Å². The Hall–Kier alpha value is -1.44. The Kier molecular flexibility index (Phi) is 6.51. The second-order valence-corrected chi connectivity index (χ2v) is 11.3. The molecule has 2 aliphatic heterocycles. The standard InChI is InChI=1S/C23H34N2O4S/c1-29-22(26)21-17-25(30(27,28)20-10-6-3-7-11-20)18-23(21)12-14-24(15-13-23)16-19-8-4-2-5-9-19/h3,6-7,10-11,19,21H,2,4-5,8-9,12-18H2,1H3. The molecule has 166 valence electrons. The van der Waals surface area contributed by atoms with Crippen LogP contribution in [0.5, 0.6) is 0 Å². The van der Waals surface area contributed by atoms with Crippen LogP contribution in [0.1, 0.15) is 44.9 Å². The summed E-state index contributed by atoms with van der Waals surface area (Å²) in [5, 5.41) is 0. The zero-order valence-corrected chi connectivity index (χ0v) is 18.8. The number of hydrogen-bond acceptors (Lipinski definition) is 5. The minimum atomic E-state index is -3.61. The predicted octanol–water partition coefficient (Wildman–Crippen LogP) is 3.14. The van der Waals surface area contributed by atoms with Gasteiger partial charge in [0.25, 0.3) is 0 Å². The molecule has 0 amide bonds. The lowest BCUT2D eigenvalue weighted by Crippen LogP contribution is -2.47. The maximum atomic E-state index is 13.2. The summed E-state index contributed by atoms with van der Waals surface area (Å²) in [4.78, 5) is 15.5. The SMILES string of the molecule is COC(=O)C1CN(S(=O)(=O)c2ccccc2)CC12CCN(CC1CCCCC1)CC2. The average Bonchev–Trinajstić information content (AvgIpc) is 3.16. The molecule has 1 saturated carbocycles. The Morgan fingerprint density at radius 1 is 1.10 bits per heavy atom. The van der Waals surface area contributed by atoms with E-state index in [1.165, 1.54) is 43.5 Å². The Morgan fingerprint density at radius 2 is 1.77 bits per heavy atom. The highest BCUT2D eigenvalue weighted by Gasteiger charge is 2.54. The highest BCUT2D eigenvalue weighted by Crippen LogP contribution is 2.47. The smallest absolute Gasteiger partial charge is 0.310 e. The fourth-order valence-corrected chi connectivity index (χ4v) is 7.31. The van der Waals surface area contributed by atoms with E-state index < -0.39 is 15.9 Å². The summed E-state index contributed by atoms with van der Waals surface area (Å²) in [6.45, 7) is 3.63. The van der Waals surface area contributed by atoms with Crippen molar-refractivity contribution in [2.45, 2.75) is 49.8 Å². The number of piperidine rings is 1. The van der Waals surface area contributed by atoms with Crippen LogP contribution < -0.4 is 0 Å². The van der Waals surface area contributed by atoms with Gasteiger partial charge >= 0.3 is 5.97 Å². The average molecular weight is 435 g/mol. The summed E-state index contributed by atoms with van der Waals surface area (Å²) < 4.78 is 33.0. The number of methoxy groups -OCH3 is 1. The molecule has 1 aromatic rings. The van der Waals surface area contributed by atoms with Crippen molar-refractivity contribution in [2.75, 3.05) is 39.8 Å². The van der Waals surface area contributed by atoms with Crippen LogP contribution >= 0.6 is 0 Å². The van der Waals surface area contributed by atoms with Crippen LogP contribution in [0.25, 0.3) is 0 Å². The lowest BCUT2D eigenvalue weighted by Gasteiger charge is -2.43. The van der Waals surface area contributed by atoms with Gasteiger partial charge in [-0.1, -0.05) is 37.5 Å². The van der Waals surface area contributed by atoms with E-state index in [2.05, 4.69) is 4.90 Å². The zero-order valence-electron chi connectivity index (χ0n) is 18.0. The van der Waals surface area contributed by atoms with Gasteiger partial charge in [0.15, 0.2) is 0 Å². The molecule has 2 saturated heterocycles. The van der Waals surface area contributed by atoms with Gasteiger partial charge in [0.05, 0.1) is 17.9 Å². The molecule has 0 aromatic heterocycles. The van der Waals surface area contributed by atoms with E-state index >= 15 is 0 Å². The van der Waals surface area contributed by atoms with Crippen molar-refractivity contribution < 1.29 is 17.9 Å². The summed E-state index contributed by atoms with van der Waals surface area (Å²) in [5.74, 6) is 0.127. The number of hydrogen-bond donors (Lipinski definition) is 0. The highest BCUT2D eigenvalue weighted by atomic mass is 32.2. The van der Waals surface area contributed by atoms with Gasteiger partial charge in [0.2, 0.25) is 10.0 Å². The first-order valence-corrected chi connectivity index (χ1v) is 12.7. The van der Waals surface area contributed by atoms with Crippen LogP contribution in [0, 0.1) is 17.3 Å². The van der Waals surface area contributed by atoms with E-state index in [4.69, 9.17) is 4.74 Å². The summed E-state index contributed by atoms with van der Waals surface area (Å²) in [5.41, 5.74) is -0.321. The van der Waals surface area contributed by atoms with Crippen molar-refractivity contribution in [3.05, 3.63) is 30.3 Å². The first kappa shape index (κ1) is 21.8. The quantitative estimate of drug-likeness (QED) is 0.666. The minimum absolute atomic E-state index is 0.215. The maximum Gasteiger partial charge on any atom is 0.310 e. The van der Waals surface area contributed by atoms with Crippen molar-refractivity contribution in [2.24, 2.45) is 17.3 Å². The monoisotopic (exact) mass is 434 g/mol. The number of carbonyl (C=O) groups excluding carboxylic acids is 1. The Labute approximate surface area is 180 Å². The van der Waals surface area contributed by atoms with Crippen LogP contribution in [0.3, 0.4) is 0 Å². The number of sulfonamides is 1. The lowest BCUT2D eigenvalue weighted by molar-refractivity contribution is -0.149. The number of carbonyl (C=O) groups is 1. The third kappa shape index (κ3) is 4.30. The molecule has 1 spiro atoms. The van der Waals surface area contributed by atoms with Gasteiger partial charge in [-0.25, -0.2) is 8.42 Å². The van der Waals surface area contributed by atoms with Gasteiger partial charge in [-0.2, -0.15) is 4.31 Å². The van der Waals surface area contributed by atoms with Gasteiger partial charge < -0.3 is 9.64 Å². The van der Waals surface area contributed by atoms with E-state index in [0.29, 0.717) is 11.4 Å². The molecule has 6 nitrogen and oxygen atoms in total. The molecule has 4 rings (SSSR count). The van der Waals surface area contributed by atoms with Gasteiger partial charge in [0.1, 0.15) is 0 Å².